The van der Waals surface area contributed by atoms with E-state index in [-0.39, 0.29) is 17.1 Å². The molecule has 1 amide bonds. The van der Waals surface area contributed by atoms with E-state index in [0.29, 0.717) is 13.3 Å². The van der Waals surface area contributed by atoms with Crippen molar-refractivity contribution >= 4 is 40.3 Å². The van der Waals surface area contributed by atoms with E-state index in [0.717, 1.165) is 20.1 Å². The standard InChI is InChI=1S/C17H22IN3O2S/c1-17(2,3)14-15(18)21(16(20-14)24-10-13(19)22)11-23-9-12-7-5-4-6-8-12/h4-8H,9-11H2,1-3H3,(H2,19,22). The van der Waals surface area contributed by atoms with E-state index >= 15 is 0 Å². The average molecular weight is 459 g/mol. The summed E-state index contributed by atoms with van der Waals surface area (Å²) in [6.45, 7) is 7.27. The molecule has 0 saturated carbocycles. The van der Waals surface area contributed by atoms with Crippen molar-refractivity contribution in [1.82, 2.24) is 9.55 Å². The first kappa shape index (κ1) is 19.3. The number of aromatic nitrogens is 2. The van der Waals surface area contributed by atoms with Crippen molar-refractivity contribution in [2.24, 2.45) is 5.73 Å². The molecule has 5 nitrogen and oxygen atoms in total. The first-order valence-corrected chi connectivity index (χ1v) is 9.64. The second-order valence-corrected chi connectivity index (χ2v) is 8.39. The van der Waals surface area contributed by atoms with E-state index < -0.39 is 0 Å². The summed E-state index contributed by atoms with van der Waals surface area (Å²) in [5.74, 6) is -0.151. The summed E-state index contributed by atoms with van der Waals surface area (Å²) in [6, 6.07) is 10.0. The van der Waals surface area contributed by atoms with Gasteiger partial charge in [0.25, 0.3) is 0 Å². The summed E-state index contributed by atoms with van der Waals surface area (Å²) < 4.78 is 8.87. The first-order chi connectivity index (χ1) is 11.3. The molecule has 24 heavy (non-hydrogen) atoms. The van der Waals surface area contributed by atoms with Gasteiger partial charge in [-0.05, 0) is 28.2 Å². The molecular weight excluding hydrogens is 437 g/mol. The average Bonchev–Trinajstić information content (AvgIpc) is 2.83. The number of benzene rings is 1. The molecule has 2 N–H and O–H groups in total. The van der Waals surface area contributed by atoms with Crippen LogP contribution in [0.1, 0.15) is 32.0 Å². The van der Waals surface area contributed by atoms with E-state index in [4.69, 9.17) is 15.5 Å². The van der Waals surface area contributed by atoms with Crippen molar-refractivity contribution in [2.75, 3.05) is 5.75 Å². The molecule has 2 rings (SSSR count). The number of nitrogens with zero attached hydrogens (tertiary/aromatic N) is 2. The third kappa shape index (κ3) is 5.22. The number of hydrogen-bond acceptors (Lipinski definition) is 4. The van der Waals surface area contributed by atoms with Gasteiger partial charge >= 0.3 is 0 Å². The molecule has 1 aromatic carbocycles. The summed E-state index contributed by atoms with van der Waals surface area (Å²) >= 11 is 3.63. The number of nitrogens with two attached hydrogens (primary N) is 1. The van der Waals surface area contributed by atoms with Gasteiger partial charge in [-0.25, -0.2) is 4.98 Å². The molecule has 0 radical (unpaired) electrons. The highest BCUT2D eigenvalue weighted by Crippen LogP contribution is 2.31. The van der Waals surface area contributed by atoms with Gasteiger partial charge in [-0.2, -0.15) is 0 Å². The van der Waals surface area contributed by atoms with Gasteiger partial charge in [-0.3, -0.25) is 9.36 Å². The number of halogens is 1. The number of imidazole rings is 1. The van der Waals surface area contributed by atoms with E-state index in [2.05, 4.69) is 43.4 Å². The maximum Gasteiger partial charge on any atom is 0.227 e. The predicted octanol–water partition coefficient (Wildman–Crippen LogP) is 3.54. The largest absolute Gasteiger partial charge is 0.369 e. The molecule has 1 heterocycles. The molecule has 0 bridgehead atoms. The third-order valence-corrected chi connectivity index (χ3v) is 5.35. The van der Waals surface area contributed by atoms with Gasteiger partial charge in [-0.15, -0.1) is 0 Å². The molecule has 7 heteroatoms. The van der Waals surface area contributed by atoms with Gasteiger partial charge in [0.1, 0.15) is 10.4 Å². The Labute approximate surface area is 160 Å². The smallest absolute Gasteiger partial charge is 0.227 e. The van der Waals surface area contributed by atoms with Crippen molar-refractivity contribution in [3.63, 3.8) is 0 Å². The van der Waals surface area contributed by atoms with Gasteiger partial charge < -0.3 is 10.5 Å². The highest BCUT2D eigenvalue weighted by Gasteiger charge is 2.25. The van der Waals surface area contributed by atoms with Crippen LogP contribution in [0.3, 0.4) is 0 Å². The van der Waals surface area contributed by atoms with Crippen molar-refractivity contribution < 1.29 is 9.53 Å². The highest BCUT2D eigenvalue weighted by molar-refractivity contribution is 14.1. The van der Waals surface area contributed by atoms with E-state index in [1.54, 1.807) is 0 Å². The molecule has 1 aromatic heterocycles. The van der Waals surface area contributed by atoms with Gasteiger partial charge in [-0.1, -0.05) is 62.9 Å². The lowest BCUT2D eigenvalue weighted by Gasteiger charge is -2.16. The minimum Gasteiger partial charge on any atom is -0.369 e. The zero-order valence-electron chi connectivity index (χ0n) is 14.1. The molecule has 0 aliphatic heterocycles. The normalized spacial score (nSPS) is 11.7. The van der Waals surface area contributed by atoms with Crippen molar-refractivity contribution in [3.05, 3.63) is 45.3 Å². The minimum absolute atomic E-state index is 0.0801. The van der Waals surface area contributed by atoms with Crippen molar-refractivity contribution in [2.45, 2.75) is 44.7 Å². The monoisotopic (exact) mass is 459 g/mol. The van der Waals surface area contributed by atoms with Crippen LogP contribution in [0.4, 0.5) is 0 Å². The lowest BCUT2D eigenvalue weighted by Crippen LogP contribution is -2.15. The number of carbonyl (C=O) groups excluding carboxylic acids is 1. The quantitative estimate of drug-likeness (QED) is 0.508. The summed E-state index contributed by atoms with van der Waals surface area (Å²) in [5, 5.41) is 0.760. The molecule has 0 spiro atoms. The van der Waals surface area contributed by atoms with Crippen LogP contribution >= 0.6 is 34.4 Å². The topological polar surface area (TPSA) is 70.1 Å². The number of rotatable bonds is 7. The Bertz CT molecular complexity index is 696. The Morgan fingerprint density at radius 1 is 1.33 bits per heavy atom. The van der Waals surface area contributed by atoms with Crippen LogP contribution in [-0.2, 0) is 28.3 Å². The Kier molecular flexibility index (Phi) is 6.70. The zero-order chi connectivity index (χ0) is 17.7. The summed E-state index contributed by atoms with van der Waals surface area (Å²) in [6.07, 6.45) is 0. The van der Waals surface area contributed by atoms with Gasteiger partial charge in [0.2, 0.25) is 5.91 Å². The van der Waals surface area contributed by atoms with Gasteiger partial charge in [0.15, 0.2) is 5.16 Å². The van der Waals surface area contributed by atoms with Crippen LogP contribution in [0.25, 0.3) is 0 Å². The lowest BCUT2D eigenvalue weighted by molar-refractivity contribution is -0.115. The van der Waals surface area contributed by atoms with Crippen molar-refractivity contribution in [3.8, 4) is 0 Å². The second-order valence-electron chi connectivity index (χ2n) is 6.43. The Morgan fingerprint density at radius 3 is 2.58 bits per heavy atom. The van der Waals surface area contributed by atoms with Crippen LogP contribution in [0.15, 0.2) is 35.5 Å². The summed E-state index contributed by atoms with van der Waals surface area (Å²) in [7, 11) is 0. The molecule has 0 aliphatic carbocycles. The summed E-state index contributed by atoms with van der Waals surface area (Å²) in [4.78, 5) is 15.8. The number of amides is 1. The maximum atomic E-state index is 11.1. The highest BCUT2D eigenvalue weighted by atomic mass is 127. The van der Waals surface area contributed by atoms with Gasteiger partial charge in [0, 0.05) is 5.41 Å². The first-order valence-electron chi connectivity index (χ1n) is 7.58. The SMILES string of the molecule is CC(C)(C)c1nc(SCC(N)=O)n(COCc2ccccc2)c1I. The number of primary amides is 1. The molecule has 0 aliphatic rings. The number of hydrogen-bond donors (Lipinski definition) is 1. The van der Waals surface area contributed by atoms with Crippen LogP contribution in [0.5, 0.6) is 0 Å². The molecule has 0 fully saturated rings. The zero-order valence-corrected chi connectivity index (χ0v) is 17.1. The number of ether oxygens (including phenoxy) is 1. The maximum absolute atomic E-state index is 11.1. The summed E-state index contributed by atoms with van der Waals surface area (Å²) in [5.41, 5.74) is 7.31. The predicted molar refractivity (Wildman–Crippen MR) is 105 cm³/mol. The lowest BCUT2D eigenvalue weighted by atomic mass is 9.93. The number of carbonyl (C=O) groups is 1. The molecule has 0 unspecified atom stereocenters. The molecule has 0 atom stereocenters. The van der Waals surface area contributed by atoms with Crippen LogP contribution in [-0.4, -0.2) is 21.2 Å². The Balaban J connectivity index is 2.15. The van der Waals surface area contributed by atoms with Gasteiger partial charge in [0.05, 0.1) is 18.1 Å². The molecule has 130 valence electrons. The fraction of sp³-hybridized carbons (Fsp3) is 0.412. The Hall–Kier alpha value is -1.06. The van der Waals surface area contributed by atoms with Crippen LogP contribution in [0, 0.1) is 3.70 Å². The van der Waals surface area contributed by atoms with Crippen LogP contribution in [0.2, 0.25) is 0 Å². The molecule has 0 saturated heterocycles. The van der Waals surface area contributed by atoms with E-state index in [9.17, 15) is 4.79 Å². The molecular formula is C17H22IN3O2S. The second kappa shape index (κ2) is 8.35. The minimum atomic E-state index is -0.355. The van der Waals surface area contributed by atoms with E-state index in [1.165, 1.54) is 11.8 Å². The van der Waals surface area contributed by atoms with E-state index in [1.807, 2.05) is 34.9 Å². The van der Waals surface area contributed by atoms with Crippen molar-refractivity contribution in [1.29, 1.82) is 0 Å². The fourth-order valence-electron chi connectivity index (χ4n) is 2.08. The van der Waals surface area contributed by atoms with Crippen LogP contribution < -0.4 is 5.73 Å². The third-order valence-electron chi connectivity index (χ3n) is 3.26. The fourth-order valence-corrected chi connectivity index (χ4v) is 4.27. The number of thioether (sulfide) groups is 1. The Morgan fingerprint density at radius 2 is 2.00 bits per heavy atom. The molecule has 2 aromatic rings.